The fourth-order valence-corrected chi connectivity index (χ4v) is 1.08. The summed E-state index contributed by atoms with van der Waals surface area (Å²) in [5, 5.41) is 0. The van der Waals surface area contributed by atoms with Crippen molar-refractivity contribution in [1.82, 2.24) is 0 Å². The van der Waals surface area contributed by atoms with Crippen LogP contribution in [0.1, 0.15) is 12.8 Å². The Morgan fingerprint density at radius 1 is 1.50 bits per heavy atom. The molecule has 0 aromatic carbocycles. The second-order valence-corrected chi connectivity index (χ2v) is 2.51. The lowest BCUT2D eigenvalue weighted by atomic mass is 10.2. The van der Waals surface area contributed by atoms with Crippen molar-refractivity contribution in [3.8, 4) is 0 Å². The first-order valence-corrected chi connectivity index (χ1v) is 3.16. The van der Waals surface area contributed by atoms with Gasteiger partial charge in [0.15, 0.2) is 0 Å². The Bertz CT molecular complexity index is 152. The van der Waals surface area contributed by atoms with Crippen LogP contribution in [0.15, 0.2) is 16.6 Å². The van der Waals surface area contributed by atoms with Crippen LogP contribution in [0, 0.1) is 5.92 Å². The monoisotopic (exact) mass is 107 g/mol. The Morgan fingerprint density at radius 3 is 2.88 bits per heavy atom. The van der Waals surface area contributed by atoms with Crippen LogP contribution in [0.5, 0.6) is 0 Å². The standard InChI is InChI=1S/C7H9N/c1-2-6(1)7-3-4-8-5-7/h3-4,6H,1-2,5H2. The van der Waals surface area contributed by atoms with Gasteiger partial charge < -0.3 is 0 Å². The Hall–Kier alpha value is -0.590. The third kappa shape index (κ3) is 0.585. The highest BCUT2D eigenvalue weighted by Gasteiger charge is 2.25. The van der Waals surface area contributed by atoms with Gasteiger partial charge in [0.25, 0.3) is 0 Å². The van der Waals surface area contributed by atoms with Crippen LogP contribution in [0.2, 0.25) is 0 Å². The van der Waals surface area contributed by atoms with Crippen molar-refractivity contribution >= 4 is 6.21 Å². The molecule has 1 nitrogen and oxygen atoms in total. The third-order valence-corrected chi connectivity index (χ3v) is 1.77. The number of aliphatic imine (C=N–C) groups is 1. The van der Waals surface area contributed by atoms with Crippen molar-refractivity contribution in [2.45, 2.75) is 12.8 Å². The quantitative estimate of drug-likeness (QED) is 0.480. The van der Waals surface area contributed by atoms with Crippen LogP contribution < -0.4 is 0 Å². The maximum Gasteiger partial charge on any atom is 0.0605 e. The molecule has 0 aromatic rings. The maximum absolute atomic E-state index is 4.11. The maximum atomic E-state index is 4.11. The molecule has 0 aromatic heterocycles. The van der Waals surface area contributed by atoms with E-state index in [-0.39, 0.29) is 0 Å². The molecule has 0 spiro atoms. The first-order chi connectivity index (χ1) is 3.97. The zero-order valence-corrected chi connectivity index (χ0v) is 4.80. The lowest BCUT2D eigenvalue weighted by Gasteiger charge is -1.90. The van der Waals surface area contributed by atoms with Crippen molar-refractivity contribution in [1.29, 1.82) is 0 Å². The first kappa shape index (κ1) is 4.30. The van der Waals surface area contributed by atoms with Gasteiger partial charge >= 0.3 is 0 Å². The predicted molar refractivity (Wildman–Crippen MR) is 34.2 cm³/mol. The smallest absolute Gasteiger partial charge is 0.0605 e. The average Bonchev–Trinajstić information content (AvgIpc) is 2.49. The van der Waals surface area contributed by atoms with E-state index >= 15 is 0 Å². The lowest BCUT2D eigenvalue weighted by molar-refractivity contribution is 0.959. The molecule has 1 aliphatic carbocycles. The molecule has 0 N–H and O–H groups in total. The normalized spacial score (nSPS) is 26.2. The highest BCUT2D eigenvalue weighted by atomic mass is 14.7. The number of allylic oxidation sites excluding steroid dienone is 1. The van der Waals surface area contributed by atoms with Gasteiger partial charge in [-0.25, -0.2) is 0 Å². The summed E-state index contributed by atoms with van der Waals surface area (Å²) in [6, 6.07) is 0. The van der Waals surface area contributed by atoms with E-state index in [1.54, 1.807) is 5.57 Å². The summed E-state index contributed by atoms with van der Waals surface area (Å²) in [7, 11) is 0. The van der Waals surface area contributed by atoms with E-state index in [0.29, 0.717) is 0 Å². The Morgan fingerprint density at radius 2 is 2.38 bits per heavy atom. The van der Waals surface area contributed by atoms with Gasteiger partial charge in [0.1, 0.15) is 0 Å². The van der Waals surface area contributed by atoms with Crippen LogP contribution in [-0.4, -0.2) is 12.8 Å². The summed E-state index contributed by atoms with van der Waals surface area (Å²) in [4.78, 5) is 4.11. The van der Waals surface area contributed by atoms with Gasteiger partial charge in [0.05, 0.1) is 6.54 Å². The number of hydrogen-bond donors (Lipinski definition) is 0. The molecule has 0 amide bonds. The van der Waals surface area contributed by atoms with E-state index in [0.717, 1.165) is 12.5 Å². The van der Waals surface area contributed by atoms with E-state index in [1.807, 2.05) is 6.21 Å². The molecule has 42 valence electrons. The molecule has 2 rings (SSSR count). The zero-order chi connectivity index (χ0) is 5.40. The summed E-state index contributed by atoms with van der Waals surface area (Å²) in [6.45, 7) is 0.991. The fraction of sp³-hybridized carbons (Fsp3) is 0.571. The minimum absolute atomic E-state index is 0.928. The Kier molecular flexibility index (Phi) is 0.775. The predicted octanol–water partition coefficient (Wildman–Crippen LogP) is 1.41. The van der Waals surface area contributed by atoms with Crippen LogP contribution in [0.3, 0.4) is 0 Å². The molecule has 8 heavy (non-hydrogen) atoms. The van der Waals surface area contributed by atoms with Gasteiger partial charge in [-0.2, -0.15) is 0 Å². The molecule has 0 saturated heterocycles. The highest BCUT2D eigenvalue weighted by molar-refractivity contribution is 5.75. The molecular weight excluding hydrogens is 98.1 g/mol. The Labute approximate surface area is 49.1 Å². The van der Waals surface area contributed by atoms with Gasteiger partial charge in [-0.3, -0.25) is 4.99 Å². The largest absolute Gasteiger partial charge is 0.289 e. The SMILES string of the molecule is C1=NCC(C2CC2)=C1. The minimum Gasteiger partial charge on any atom is -0.289 e. The minimum atomic E-state index is 0.928. The van der Waals surface area contributed by atoms with Gasteiger partial charge in [-0.15, -0.1) is 0 Å². The number of hydrogen-bond acceptors (Lipinski definition) is 1. The van der Waals surface area contributed by atoms with Crippen molar-refractivity contribution in [3.63, 3.8) is 0 Å². The third-order valence-electron chi connectivity index (χ3n) is 1.77. The van der Waals surface area contributed by atoms with Crippen LogP contribution in [-0.2, 0) is 0 Å². The lowest BCUT2D eigenvalue weighted by Crippen LogP contribution is -1.84. The number of nitrogens with zero attached hydrogens (tertiary/aromatic N) is 1. The second kappa shape index (κ2) is 1.44. The van der Waals surface area contributed by atoms with Crippen molar-refractivity contribution < 1.29 is 0 Å². The Balaban J connectivity index is 2.07. The van der Waals surface area contributed by atoms with Crippen LogP contribution >= 0.6 is 0 Å². The second-order valence-electron chi connectivity index (χ2n) is 2.51. The highest BCUT2D eigenvalue weighted by Crippen LogP contribution is 2.37. The molecule has 0 unspecified atom stereocenters. The van der Waals surface area contributed by atoms with E-state index in [9.17, 15) is 0 Å². The van der Waals surface area contributed by atoms with Crippen LogP contribution in [0.4, 0.5) is 0 Å². The van der Waals surface area contributed by atoms with Gasteiger partial charge in [-0.05, 0) is 30.4 Å². The topological polar surface area (TPSA) is 12.4 Å². The molecule has 2 aliphatic rings. The molecule has 0 radical (unpaired) electrons. The average molecular weight is 107 g/mol. The molecule has 0 atom stereocenters. The molecular formula is C7H9N. The molecule has 1 heteroatoms. The van der Waals surface area contributed by atoms with Crippen molar-refractivity contribution in [3.05, 3.63) is 11.6 Å². The number of rotatable bonds is 1. The summed E-state index contributed by atoms with van der Waals surface area (Å²) in [6.07, 6.45) is 6.91. The van der Waals surface area contributed by atoms with Crippen molar-refractivity contribution in [2.75, 3.05) is 6.54 Å². The van der Waals surface area contributed by atoms with E-state index in [1.165, 1.54) is 12.8 Å². The molecule has 1 saturated carbocycles. The summed E-state index contributed by atoms with van der Waals surface area (Å²) in [5.74, 6) is 0.928. The van der Waals surface area contributed by atoms with Gasteiger partial charge in [0.2, 0.25) is 0 Å². The van der Waals surface area contributed by atoms with E-state index in [2.05, 4.69) is 11.1 Å². The molecule has 0 bridgehead atoms. The molecule has 1 heterocycles. The van der Waals surface area contributed by atoms with E-state index < -0.39 is 0 Å². The summed E-state index contributed by atoms with van der Waals surface area (Å²) in [5.41, 5.74) is 1.56. The van der Waals surface area contributed by atoms with Crippen LogP contribution in [0.25, 0.3) is 0 Å². The summed E-state index contributed by atoms with van der Waals surface area (Å²) < 4.78 is 0. The molecule has 1 fully saturated rings. The van der Waals surface area contributed by atoms with Crippen molar-refractivity contribution in [2.24, 2.45) is 10.9 Å². The molecule has 1 aliphatic heterocycles. The summed E-state index contributed by atoms with van der Waals surface area (Å²) >= 11 is 0. The van der Waals surface area contributed by atoms with Gasteiger partial charge in [0, 0.05) is 6.21 Å². The zero-order valence-electron chi connectivity index (χ0n) is 4.80. The first-order valence-electron chi connectivity index (χ1n) is 3.16. The van der Waals surface area contributed by atoms with E-state index in [4.69, 9.17) is 0 Å². The fourth-order valence-electron chi connectivity index (χ4n) is 1.08. The van der Waals surface area contributed by atoms with Gasteiger partial charge in [-0.1, -0.05) is 0 Å².